The molecule has 0 spiro atoms. The van der Waals surface area contributed by atoms with Crippen LogP contribution in [0.3, 0.4) is 0 Å². The second kappa shape index (κ2) is 10.5. The van der Waals surface area contributed by atoms with E-state index in [-0.39, 0.29) is 23.2 Å². The van der Waals surface area contributed by atoms with Crippen molar-refractivity contribution in [1.82, 2.24) is 0 Å². The summed E-state index contributed by atoms with van der Waals surface area (Å²) < 4.78 is 35.9. The van der Waals surface area contributed by atoms with Crippen LogP contribution in [-0.4, -0.2) is 52.8 Å². The van der Waals surface area contributed by atoms with Gasteiger partial charge in [-0.25, -0.2) is 18.0 Å². The van der Waals surface area contributed by atoms with E-state index in [4.69, 9.17) is 9.47 Å². The number of methoxy groups -OCH3 is 2. The van der Waals surface area contributed by atoms with Crippen molar-refractivity contribution >= 4 is 39.2 Å². The summed E-state index contributed by atoms with van der Waals surface area (Å²) in [5, 5.41) is 2.59. The van der Waals surface area contributed by atoms with Crippen molar-refractivity contribution in [3.63, 3.8) is 0 Å². The van der Waals surface area contributed by atoms with Crippen molar-refractivity contribution in [2.45, 2.75) is 33.2 Å². The molecule has 10 heteroatoms. The van der Waals surface area contributed by atoms with E-state index in [1.165, 1.54) is 32.4 Å². The zero-order valence-electron chi connectivity index (χ0n) is 19.5. The molecule has 2 aromatic rings. The third-order valence-electron chi connectivity index (χ3n) is 5.18. The Labute approximate surface area is 193 Å². The third kappa shape index (κ3) is 5.89. The van der Waals surface area contributed by atoms with E-state index < -0.39 is 33.9 Å². The highest BCUT2D eigenvalue weighted by atomic mass is 32.2. The molecule has 0 radical (unpaired) electrons. The van der Waals surface area contributed by atoms with Crippen molar-refractivity contribution in [3.8, 4) is 0 Å². The van der Waals surface area contributed by atoms with E-state index in [0.29, 0.717) is 5.69 Å². The predicted molar refractivity (Wildman–Crippen MR) is 125 cm³/mol. The van der Waals surface area contributed by atoms with E-state index >= 15 is 0 Å². The summed E-state index contributed by atoms with van der Waals surface area (Å²) in [7, 11) is -1.46. The van der Waals surface area contributed by atoms with Crippen LogP contribution in [0.25, 0.3) is 0 Å². The van der Waals surface area contributed by atoms with Gasteiger partial charge in [0.1, 0.15) is 6.04 Å². The zero-order valence-corrected chi connectivity index (χ0v) is 20.3. The van der Waals surface area contributed by atoms with Gasteiger partial charge < -0.3 is 14.8 Å². The van der Waals surface area contributed by atoms with Gasteiger partial charge in [0, 0.05) is 0 Å². The molecule has 33 heavy (non-hydrogen) atoms. The molecule has 0 fully saturated rings. The van der Waals surface area contributed by atoms with Crippen molar-refractivity contribution in [2.75, 3.05) is 30.1 Å². The predicted octanol–water partition coefficient (Wildman–Crippen LogP) is 3.06. The summed E-state index contributed by atoms with van der Waals surface area (Å²) in [6.07, 6.45) is 1.17. The molecule has 0 saturated carbocycles. The molecular formula is C23H28N2O7S. The molecule has 2 rings (SSSR count). The molecule has 1 N–H and O–H groups in total. The maximum atomic E-state index is 13.3. The van der Waals surface area contributed by atoms with Gasteiger partial charge in [-0.2, -0.15) is 0 Å². The Morgan fingerprint density at radius 1 is 0.970 bits per heavy atom. The standard InChI is InChI=1S/C23H28N2O7S/c1-7-20(25(33(6,29)30)17-10-8-14(2)15(3)12-17)21(26)24-19-13-16(22(27)31-4)9-11-18(19)23(28)32-5/h8-13,20H,7H2,1-6H3,(H,24,26)/t20-/m0/s1. The maximum Gasteiger partial charge on any atom is 0.339 e. The number of hydrogen-bond acceptors (Lipinski definition) is 7. The van der Waals surface area contributed by atoms with Gasteiger partial charge in [-0.1, -0.05) is 13.0 Å². The first-order chi connectivity index (χ1) is 15.4. The van der Waals surface area contributed by atoms with Crippen LogP contribution >= 0.6 is 0 Å². The van der Waals surface area contributed by atoms with E-state index in [2.05, 4.69) is 5.32 Å². The molecule has 0 aromatic heterocycles. The number of amides is 1. The van der Waals surface area contributed by atoms with Gasteiger partial charge in [0.2, 0.25) is 15.9 Å². The zero-order chi connectivity index (χ0) is 24.9. The third-order valence-corrected chi connectivity index (χ3v) is 6.36. The highest BCUT2D eigenvalue weighted by Gasteiger charge is 2.32. The first-order valence-corrected chi connectivity index (χ1v) is 12.0. The Bertz CT molecular complexity index is 1180. The Morgan fingerprint density at radius 3 is 2.12 bits per heavy atom. The topological polar surface area (TPSA) is 119 Å². The summed E-state index contributed by atoms with van der Waals surface area (Å²) >= 11 is 0. The smallest absolute Gasteiger partial charge is 0.339 e. The number of benzene rings is 2. The summed E-state index contributed by atoms with van der Waals surface area (Å²) in [6.45, 7) is 5.42. The summed E-state index contributed by atoms with van der Waals surface area (Å²) in [5.74, 6) is -2.07. The normalized spacial score (nSPS) is 11.9. The molecule has 1 atom stereocenters. The van der Waals surface area contributed by atoms with Crippen molar-refractivity contribution in [3.05, 3.63) is 58.7 Å². The second-order valence-electron chi connectivity index (χ2n) is 7.48. The Hall–Kier alpha value is -3.40. The second-order valence-corrected chi connectivity index (χ2v) is 9.34. The van der Waals surface area contributed by atoms with Crippen LogP contribution in [0.5, 0.6) is 0 Å². The molecule has 9 nitrogen and oxygen atoms in total. The molecule has 1 amide bonds. The number of carbonyl (C=O) groups excluding carboxylic acids is 3. The van der Waals surface area contributed by atoms with Gasteiger partial charge >= 0.3 is 11.9 Å². The van der Waals surface area contributed by atoms with Gasteiger partial charge in [0.25, 0.3) is 0 Å². The maximum absolute atomic E-state index is 13.3. The van der Waals surface area contributed by atoms with Gasteiger partial charge in [-0.3, -0.25) is 9.10 Å². The van der Waals surface area contributed by atoms with Crippen LogP contribution in [0.1, 0.15) is 45.2 Å². The minimum absolute atomic E-state index is 0.00161. The first-order valence-electron chi connectivity index (χ1n) is 10.1. The molecule has 0 aliphatic rings. The lowest BCUT2D eigenvalue weighted by atomic mass is 10.1. The number of nitrogens with zero attached hydrogens (tertiary/aromatic N) is 1. The van der Waals surface area contributed by atoms with E-state index in [1.54, 1.807) is 25.1 Å². The van der Waals surface area contributed by atoms with Crippen molar-refractivity contribution < 1.29 is 32.3 Å². The number of aryl methyl sites for hydroxylation is 2. The van der Waals surface area contributed by atoms with Crippen LogP contribution in [0.2, 0.25) is 0 Å². The number of rotatable bonds is 8. The average Bonchev–Trinajstić information content (AvgIpc) is 2.77. The lowest BCUT2D eigenvalue weighted by molar-refractivity contribution is -0.117. The van der Waals surface area contributed by atoms with Gasteiger partial charge in [0.05, 0.1) is 43.0 Å². The Morgan fingerprint density at radius 2 is 1.61 bits per heavy atom. The molecule has 0 bridgehead atoms. The van der Waals surface area contributed by atoms with E-state index in [0.717, 1.165) is 21.7 Å². The van der Waals surface area contributed by atoms with Crippen LogP contribution in [0.15, 0.2) is 36.4 Å². The minimum atomic E-state index is -3.85. The fourth-order valence-corrected chi connectivity index (χ4v) is 4.52. The SMILES string of the molecule is CC[C@@H](C(=O)Nc1cc(C(=O)OC)ccc1C(=O)OC)N(c1ccc(C)c(C)c1)S(C)(=O)=O. The molecule has 0 heterocycles. The van der Waals surface area contributed by atoms with Crippen molar-refractivity contribution in [1.29, 1.82) is 0 Å². The molecule has 0 aliphatic heterocycles. The lowest BCUT2D eigenvalue weighted by Crippen LogP contribution is -2.47. The number of sulfonamides is 1. The Kier molecular flexibility index (Phi) is 8.21. The largest absolute Gasteiger partial charge is 0.465 e. The number of nitrogens with one attached hydrogen (secondary N) is 1. The first kappa shape index (κ1) is 25.9. The monoisotopic (exact) mass is 476 g/mol. The number of esters is 2. The highest BCUT2D eigenvalue weighted by Crippen LogP contribution is 2.27. The lowest BCUT2D eigenvalue weighted by Gasteiger charge is -2.30. The minimum Gasteiger partial charge on any atom is -0.465 e. The number of anilines is 2. The molecule has 0 saturated heterocycles. The molecule has 178 valence electrons. The molecular weight excluding hydrogens is 448 g/mol. The fraction of sp³-hybridized carbons (Fsp3) is 0.348. The summed E-state index contributed by atoms with van der Waals surface area (Å²) in [4.78, 5) is 37.4. The van der Waals surface area contributed by atoms with Crippen LogP contribution in [-0.2, 0) is 24.3 Å². The summed E-state index contributed by atoms with van der Waals surface area (Å²) in [5.41, 5.74) is 2.30. The van der Waals surface area contributed by atoms with Crippen LogP contribution in [0, 0.1) is 13.8 Å². The van der Waals surface area contributed by atoms with Gasteiger partial charge in [0.15, 0.2) is 0 Å². The number of carbonyl (C=O) groups is 3. The van der Waals surface area contributed by atoms with E-state index in [9.17, 15) is 22.8 Å². The summed E-state index contributed by atoms with van der Waals surface area (Å²) in [6, 6.07) is 7.97. The molecule has 0 aliphatic carbocycles. The van der Waals surface area contributed by atoms with Gasteiger partial charge in [-0.15, -0.1) is 0 Å². The Balaban J connectivity index is 2.53. The van der Waals surface area contributed by atoms with E-state index in [1.807, 2.05) is 13.8 Å². The number of hydrogen-bond donors (Lipinski definition) is 1. The van der Waals surface area contributed by atoms with Crippen LogP contribution in [0.4, 0.5) is 11.4 Å². The fourth-order valence-electron chi connectivity index (χ4n) is 3.32. The highest BCUT2D eigenvalue weighted by molar-refractivity contribution is 7.92. The van der Waals surface area contributed by atoms with Gasteiger partial charge in [-0.05, 0) is 61.7 Å². The number of ether oxygens (including phenoxy) is 2. The quantitative estimate of drug-likeness (QED) is 0.582. The van der Waals surface area contributed by atoms with Crippen molar-refractivity contribution in [2.24, 2.45) is 0 Å². The molecule has 0 unspecified atom stereocenters. The average molecular weight is 477 g/mol. The van der Waals surface area contributed by atoms with Crippen LogP contribution < -0.4 is 9.62 Å². The molecule has 2 aromatic carbocycles.